The lowest BCUT2D eigenvalue weighted by molar-refractivity contribution is -0.204. The SMILES string of the molecule is C[C@@H](CCC[C@@H](C)[C@H]1CC[C@H]2[C@@H]3[C@H](O)C[C@H]4[C@@H](O)[C@H](OS(=O)(=O)[O-])CC[C@]4(C)[C@H]3CC[C@]12C)COS(=O)(=O)[O-]. The van der Waals surface area contributed by atoms with Crippen LogP contribution in [0.3, 0.4) is 0 Å². The van der Waals surface area contributed by atoms with Gasteiger partial charge in [0.15, 0.2) is 0 Å². The molecule has 0 bridgehead atoms. The smallest absolute Gasteiger partial charge is 0.217 e. The maximum atomic E-state index is 11.5. The summed E-state index contributed by atoms with van der Waals surface area (Å²) in [5, 5.41) is 22.5. The van der Waals surface area contributed by atoms with Gasteiger partial charge in [-0.05, 0) is 104 Å². The molecule has 12 atom stereocenters. The van der Waals surface area contributed by atoms with Crippen LogP contribution in [0, 0.1) is 52.3 Å². The van der Waals surface area contributed by atoms with E-state index in [0.29, 0.717) is 37.0 Å². The Kier molecular flexibility index (Phi) is 9.23. The Hall–Kier alpha value is -0.340. The van der Waals surface area contributed by atoms with Gasteiger partial charge in [-0.2, -0.15) is 0 Å². The van der Waals surface area contributed by atoms with E-state index in [-0.39, 0.29) is 41.1 Å². The predicted octanol–water partition coefficient (Wildman–Crippen LogP) is 3.35. The van der Waals surface area contributed by atoms with E-state index in [4.69, 9.17) is 4.18 Å². The molecule has 4 fully saturated rings. The molecule has 0 heterocycles. The van der Waals surface area contributed by atoms with Crippen molar-refractivity contribution < 1.29 is 44.5 Å². The Morgan fingerprint density at radius 2 is 1.51 bits per heavy atom. The molecule has 0 radical (unpaired) electrons. The first-order valence-electron chi connectivity index (χ1n) is 14.6. The maximum Gasteiger partial charge on any atom is 0.217 e. The lowest BCUT2D eigenvalue weighted by Crippen LogP contribution is -2.62. The molecular formula is C27H46O10S2-2. The fourth-order valence-corrected chi connectivity index (χ4v) is 10.7. The monoisotopic (exact) mass is 594 g/mol. The van der Waals surface area contributed by atoms with Crippen LogP contribution in [0.2, 0.25) is 0 Å². The van der Waals surface area contributed by atoms with Gasteiger partial charge in [0.05, 0.1) is 18.8 Å². The number of hydrogen-bond acceptors (Lipinski definition) is 10. The lowest BCUT2D eigenvalue weighted by Gasteiger charge is -2.63. The maximum absolute atomic E-state index is 11.5. The van der Waals surface area contributed by atoms with Crippen molar-refractivity contribution in [1.29, 1.82) is 0 Å². The first kappa shape index (κ1) is 31.6. The van der Waals surface area contributed by atoms with Gasteiger partial charge in [-0.15, -0.1) is 0 Å². The highest BCUT2D eigenvalue weighted by Gasteiger charge is 2.64. The van der Waals surface area contributed by atoms with Crippen molar-refractivity contribution in [2.75, 3.05) is 6.61 Å². The average molecular weight is 595 g/mol. The third kappa shape index (κ3) is 6.53. The van der Waals surface area contributed by atoms with Crippen LogP contribution in [-0.2, 0) is 29.2 Å². The van der Waals surface area contributed by atoms with Crippen molar-refractivity contribution in [1.82, 2.24) is 0 Å². The van der Waals surface area contributed by atoms with Gasteiger partial charge in [-0.1, -0.05) is 40.5 Å². The zero-order chi connectivity index (χ0) is 29.0. The Balaban J connectivity index is 1.41. The summed E-state index contributed by atoms with van der Waals surface area (Å²) in [5.74, 6) is 1.37. The fraction of sp³-hybridized carbons (Fsp3) is 1.00. The van der Waals surface area contributed by atoms with E-state index in [1.54, 1.807) is 0 Å². The molecule has 0 saturated heterocycles. The van der Waals surface area contributed by atoms with Crippen molar-refractivity contribution in [2.45, 2.75) is 110 Å². The molecule has 10 nitrogen and oxygen atoms in total. The summed E-state index contributed by atoms with van der Waals surface area (Å²) in [5.41, 5.74) is -0.150. The van der Waals surface area contributed by atoms with Gasteiger partial charge < -0.3 is 19.3 Å². The van der Waals surface area contributed by atoms with Crippen LogP contribution in [0.15, 0.2) is 0 Å². The largest absolute Gasteiger partial charge is 0.726 e. The summed E-state index contributed by atoms with van der Waals surface area (Å²) in [6, 6.07) is 0. The first-order valence-corrected chi connectivity index (χ1v) is 17.2. The summed E-state index contributed by atoms with van der Waals surface area (Å²) in [4.78, 5) is 0. The minimum Gasteiger partial charge on any atom is -0.726 e. The van der Waals surface area contributed by atoms with Crippen LogP contribution in [-0.4, -0.2) is 61.1 Å². The van der Waals surface area contributed by atoms with Gasteiger partial charge >= 0.3 is 0 Å². The highest BCUT2D eigenvalue weighted by atomic mass is 32.3. The summed E-state index contributed by atoms with van der Waals surface area (Å²) < 4.78 is 74.9. The van der Waals surface area contributed by atoms with Gasteiger partial charge in [0, 0.05) is 0 Å². The highest BCUT2D eigenvalue weighted by Crippen LogP contribution is 2.68. The van der Waals surface area contributed by atoms with Crippen molar-refractivity contribution in [3.8, 4) is 0 Å². The van der Waals surface area contributed by atoms with Crippen LogP contribution in [0.5, 0.6) is 0 Å². The van der Waals surface area contributed by atoms with E-state index in [9.17, 15) is 36.2 Å². The third-order valence-electron chi connectivity index (χ3n) is 11.6. The minimum absolute atomic E-state index is 0.0149. The van der Waals surface area contributed by atoms with E-state index < -0.39 is 39.1 Å². The number of fused-ring (bicyclic) bond motifs is 5. The van der Waals surface area contributed by atoms with Crippen LogP contribution in [0.25, 0.3) is 0 Å². The second kappa shape index (κ2) is 11.4. The molecule has 0 unspecified atom stereocenters. The molecule has 2 N–H and O–H groups in total. The molecule has 228 valence electrons. The van der Waals surface area contributed by atoms with E-state index in [1.165, 1.54) is 0 Å². The number of rotatable bonds is 10. The topological polar surface area (TPSA) is 173 Å². The quantitative estimate of drug-likeness (QED) is 0.282. The van der Waals surface area contributed by atoms with Gasteiger partial charge in [0.2, 0.25) is 20.8 Å². The average Bonchev–Trinajstić information content (AvgIpc) is 3.17. The molecular weight excluding hydrogens is 548 g/mol. The molecule has 39 heavy (non-hydrogen) atoms. The molecule has 0 amide bonds. The molecule has 0 aromatic carbocycles. The normalized spacial score (nSPS) is 44.2. The fourth-order valence-electron chi connectivity index (χ4n) is 9.75. The molecule has 0 spiro atoms. The zero-order valence-electron chi connectivity index (χ0n) is 23.5. The molecule has 4 saturated carbocycles. The first-order chi connectivity index (χ1) is 18.0. The molecule has 0 aliphatic heterocycles. The van der Waals surface area contributed by atoms with E-state index >= 15 is 0 Å². The summed E-state index contributed by atoms with van der Waals surface area (Å²) in [6.07, 6.45) is 5.45. The Morgan fingerprint density at radius 1 is 0.872 bits per heavy atom. The second-order valence-electron chi connectivity index (χ2n) is 13.7. The van der Waals surface area contributed by atoms with Gasteiger partial charge in [0.25, 0.3) is 0 Å². The van der Waals surface area contributed by atoms with Crippen molar-refractivity contribution in [3.63, 3.8) is 0 Å². The van der Waals surface area contributed by atoms with Crippen molar-refractivity contribution in [2.24, 2.45) is 52.3 Å². The molecule has 0 aromatic rings. The Labute approximate surface area is 234 Å². The molecule has 4 aliphatic rings. The second-order valence-corrected chi connectivity index (χ2v) is 15.8. The zero-order valence-corrected chi connectivity index (χ0v) is 25.2. The molecule has 4 rings (SSSR count). The lowest BCUT2D eigenvalue weighted by atomic mass is 9.43. The third-order valence-corrected chi connectivity index (χ3v) is 12.5. The van der Waals surface area contributed by atoms with Crippen molar-refractivity contribution >= 4 is 20.8 Å². The highest BCUT2D eigenvalue weighted by molar-refractivity contribution is 7.81. The van der Waals surface area contributed by atoms with Crippen LogP contribution in [0.1, 0.15) is 91.9 Å². The van der Waals surface area contributed by atoms with Crippen LogP contribution in [0.4, 0.5) is 0 Å². The van der Waals surface area contributed by atoms with Crippen LogP contribution >= 0.6 is 0 Å². The summed E-state index contributed by atoms with van der Waals surface area (Å²) >= 11 is 0. The Bertz CT molecular complexity index is 1080. The summed E-state index contributed by atoms with van der Waals surface area (Å²) in [7, 11) is -9.58. The van der Waals surface area contributed by atoms with E-state index in [2.05, 4.69) is 25.0 Å². The van der Waals surface area contributed by atoms with Crippen LogP contribution < -0.4 is 0 Å². The van der Waals surface area contributed by atoms with Gasteiger partial charge in [-0.25, -0.2) is 16.8 Å². The number of aliphatic hydroxyl groups is 2. The number of hydrogen-bond donors (Lipinski definition) is 2. The standard InChI is InChI=1S/C27H48O10S2/c1-16(15-36-38(30,31)32)6-5-7-17(2)18-8-9-19-24-20(10-12-26(18,19)3)27(4)13-11-23(37-39(33,34)35)25(29)21(27)14-22(24)28/h16-25,28-29H,5-15H2,1-4H3,(H,30,31,32)(H,33,34,35)/p-2/t16-,17+,18+,19-,20-,21-,22+,23+,24-,25+,26+,27+/m0/s1. The molecule has 0 aromatic heterocycles. The number of aliphatic hydroxyl groups excluding tert-OH is 2. The van der Waals surface area contributed by atoms with Gasteiger partial charge in [0.1, 0.15) is 6.10 Å². The van der Waals surface area contributed by atoms with E-state index in [1.807, 2.05) is 6.92 Å². The summed E-state index contributed by atoms with van der Waals surface area (Å²) in [6.45, 7) is 8.66. The van der Waals surface area contributed by atoms with Crippen molar-refractivity contribution in [3.05, 3.63) is 0 Å². The van der Waals surface area contributed by atoms with Gasteiger partial charge in [-0.3, -0.25) is 8.37 Å². The Morgan fingerprint density at radius 3 is 2.15 bits per heavy atom. The molecule has 4 aliphatic carbocycles. The predicted molar refractivity (Wildman–Crippen MR) is 140 cm³/mol. The van der Waals surface area contributed by atoms with E-state index in [0.717, 1.165) is 44.9 Å². The molecule has 12 heteroatoms. The minimum atomic E-state index is -4.92.